The summed E-state index contributed by atoms with van der Waals surface area (Å²) in [4.78, 5) is 19.5. The number of nitrogens with two attached hydrogens (primary N) is 1. The molecule has 2 aromatic rings. The first-order chi connectivity index (χ1) is 11.6. The number of aromatic nitrogens is 1. The van der Waals surface area contributed by atoms with Gasteiger partial charge in [0.25, 0.3) is 5.91 Å². The van der Waals surface area contributed by atoms with E-state index >= 15 is 0 Å². The number of benzene rings is 1. The van der Waals surface area contributed by atoms with Gasteiger partial charge in [-0.15, -0.1) is 0 Å². The second-order valence-corrected chi connectivity index (χ2v) is 7.07. The van der Waals surface area contributed by atoms with Crippen molar-refractivity contribution < 1.29 is 4.79 Å². The first kappa shape index (κ1) is 15.3. The van der Waals surface area contributed by atoms with Gasteiger partial charge in [-0.2, -0.15) is 0 Å². The SMILES string of the molecule is Cc1c(C(=O)N2CC3CCC(N)C3C2)cccc1-c1ccccn1. The van der Waals surface area contributed by atoms with Crippen LogP contribution in [-0.4, -0.2) is 34.9 Å². The number of hydrogen-bond donors (Lipinski definition) is 1. The standard InChI is InChI=1S/C20H23N3O/c1-13-15(19-7-2-3-10-22-19)5-4-6-16(13)20(24)23-11-14-8-9-18(21)17(14)12-23/h2-7,10,14,17-18H,8-9,11-12,21H2,1H3. The number of nitrogens with zero attached hydrogens (tertiary/aromatic N) is 2. The van der Waals surface area contributed by atoms with Crippen molar-refractivity contribution in [3.8, 4) is 11.3 Å². The van der Waals surface area contributed by atoms with E-state index in [1.165, 1.54) is 0 Å². The molecule has 1 amide bonds. The summed E-state index contributed by atoms with van der Waals surface area (Å²) in [6.45, 7) is 3.67. The molecule has 124 valence electrons. The summed E-state index contributed by atoms with van der Waals surface area (Å²) in [5.41, 5.74) is 9.92. The lowest BCUT2D eigenvalue weighted by Crippen LogP contribution is -2.33. The summed E-state index contributed by atoms with van der Waals surface area (Å²) in [5.74, 6) is 1.20. The Morgan fingerprint density at radius 3 is 2.79 bits per heavy atom. The van der Waals surface area contributed by atoms with Crippen molar-refractivity contribution in [3.63, 3.8) is 0 Å². The highest BCUT2D eigenvalue weighted by Gasteiger charge is 2.42. The van der Waals surface area contributed by atoms with Gasteiger partial charge in [-0.25, -0.2) is 0 Å². The lowest BCUT2D eigenvalue weighted by atomic mass is 9.98. The Kier molecular flexibility index (Phi) is 3.85. The Balaban J connectivity index is 1.62. The molecule has 3 atom stereocenters. The molecule has 0 spiro atoms. The number of pyridine rings is 1. The molecule has 1 saturated heterocycles. The van der Waals surface area contributed by atoms with Gasteiger partial charge in [-0.1, -0.05) is 18.2 Å². The van der Waals surface area contributed by atoms with E-state index in [1.54, 1.807) is 6.20 Å². The maximum absolute atomic E-state index is 13.1. The molecule has 1 aliphatic carbocycles. The van der Waals surface area contributed by atoms with Crippen LogP contribution in [0.2, 0.25) is 0 Å². The zero-order chi connectivity index (χ0) is 16.7. The van der Waals surface area contributed by atoms with E-state index in [2.05, 4.69) is 4.98 Å². The van der Waals surface area contributed by atoms with Gasteiger partial charge in [-0.3, -0.25) is 9.78 Å². The molecular weight excluding hydrogens is 298 g/mol. The number of carbonyl (C=O) groups is 1. The van der Waals surface area contributed by atoms with E-state index in [1.807, 2.05) is 48.2 Å². The fraction of sp³-hybridized carbons (Fsp3) is 0.400. The second-order valence-electron chi connectivity index (χ2n) is 7.07. The molecule has 2 aliphatic rings. The Labute approximate surface area is 142 Å². The van der Waals surface area contributed by atoms with E-state index in [0.717, 1.165) is 48.3 Å². The number of carbonyl (C=O) groups excluding carboxylic acids is 1. The Morgan fingerprint density at radius 1 is 1.17 bits per heavy atom. The number of rotatable bonds is 2. The van der Waals surface area contributed by atoms with Gasteiger partial charge in [-0.05, 0) is 55.4 Å². The molecule has 2 N–H and O–H groups in total. The minimum Gasteiger partial charge on any atom is -0.338 e. The average molecular weight is 321 g/mol. The minimum absolute atomic E-state index is 0.131. The molecule has 1 saturated carbocycles. The van der Waals surface area contributed by atoms with Crippen molar-refractivity contribution in [1.29, 1.82) is 0 Å². The Hall–Kier alpha value is -2.20. The Bertz CT molecular complexity index is 759. The van der Waals surface area contributed by atoms with Crippen molar-refractivity contribution in [3.05, 3.63) is 53.7 Å². The van der Waals surface area contributed by atoms with E-state index in [-0.39, 0.29) is 11.9 Å². The van der Waals surface area contributed by atoms with Gasteiger partial charge in [0.1, 0.15) is 0 Å². The summed E-state index contributed by atoms with van der Waals surface area (Å²) in [7, 11) is 0. The van der Waals surface area contributed by atoms with Crippen molar-refractivity contribution in [2.75, 3.05) is 13.1 Å². The maximum atomic E-state index is 13.1. The van der Waals surface area contributed by atoms with Crippen molar-refractivity contribution >= 4 is 5.91 Å². The highest BCUT2D eigenvalue weighted by molar-refractivity contribution is 5.97. The topological polar surface area (TPSA) is 59.2 Å². The van der Waals surface area contributed by atoms with Crippen LogP contribution in [0.4, 0.5) is 0 Å². The van der Waals surface area contributed by atoms with E-state index in [4.69, 9.17) is 5.73 Å². The molecule has 4 nitrogen and oxygen atoms in total. The van der Waals surface area contributed by atoms with Crippen LogP contribution in [0, 0.1) is 18.8 Å². The zero-order valence-electron chi connectivity index (χ0n) is 14.0. The quantitative estimate of drug-likeness (QED) is 0.925. The summed E-state index contributed by atoms with van der Waals surface area (Å²) in [6, 6.07) is 12.0. The predicted octanol–water partition coefficient (Wildman–Crippen LogP) is 2.87. The number of hydrogen-bond acceptors (Lipinski definition) is 3. The van der Waals surface area contributed by atoms with Crippen molar-refractivity contribution in [2.45, 2.75) is 25.8 Å². The molecular formula is C20H23N3O. The summed E-state index contributed by atoms with van der Waals surface area (Å²) < 4.78 is 0. The van der Waals surface area contributed by atoms with Gasteiger partial charge in [0.2, 0.25) is 0 Å². The van der Waals surface area contributed by atoms with Crippen molar-refractivity contribution in [2.24, 2.45) is 17.6 Å². The average Bonchev–Trinajstić information content (AvgIpc) is 3.18. The summed E-state index contributed by atoms with van der Waals surface area (Å²) >= 11 is 0. The summed E-state index contributed by atoms with van der Waals surface area (Å²) in [6.07, 6.45) is 4.04. The highest BCUT2D eigenvalue weighted by atomic mass is 16.2. The van der Waals surface area contributed by atoms with Gasteiger partial charge >= 0.3 is 0 Å². The van der Waals surface area contributed by atoms with Crippen LogP contribution in [0.1, 0.15) is 28.8 Å². The first-order valence-electron chi connectivity index (χ1n) is 8.71. The van der Waals surface area contributed by atoms with Crippen LogP contribution in [-0.2, 0) is 0 Å². The van der Waals surface area contributed by atoms with E-state index in [9.17, 15) is 4.79 Å². The molecule has 1 aromatic heterocycles. The monoisotopic (exact) mass is 321 g/mol. The lowest BCUT2D eigenvalue weighted by molar-refractivity contribution is 0.0779. The number of fused-ring (bicyclic) bond motifs is 1. The molecule has 2 fully saturated rings. The largest absolute Gasteiger partial charge is 0.338 e. The van der Waals surface area contributed by atoms with Crippen LogP contribution in [0.3, 0.4) is 0 Å². The van der Waals surface area contributed by atoms with Gasteiger partial charge in [0.15, 0.2) is 0 Å². The fourth-order valence-corrected chi connectivity index (χ4v) is 4.31. The third-order valence-corrected chi connectivity index (χ3v) is 5.70. The zero-order valence-corrected chi connectivity index (χ0v) is 14.0. The molecule has 1 aromatic carbocycles. The molecule has 0 bridgehead atoms. The first-order valence-corrected chi connectivity index (χ1v) is 8.71. The third-order valence-electron chi connectivity index (χ3n) is 5.70. The minimum atomic E-state index is 0.131. The van der Waals surface area contributed by atoms with Gasteiger partial charge in [0, 0.05) is 36.5 Å². The van der Waals surface area contributed by atoms with Crippen LogP contribution in [0.25, 0.3) is 11.3 Å². The van der Waals surface area contributed by atoms with Crippen molar-refractivity contribution in [1.82, 2.24) is 9.88 Å². The molecule has 0 radical (unpaired) electrons. The predicted molar refractivity (Wildman–Crippen MR) is 94.5 cm³/mol. The van der Waals surface area contributed by atoms with Gasteiger partial charge < -0.3 is 10.6 Å². The third kappa shape index (κ3) is 2.51. The van der Waals surface area contributed by atoms with Crippen LogP contribution in [0.15, 0.2) is 42.6 Å². The maximum Gasteiger partial charge on any atom is 0.254 e. The highest BCUT2D eigenvalue weighted by Crippen LogP contribution is 2.38. The number of amides is 1. The van der Waals surface area contributed by atoms with Crippen LogP contribution in [0.5, 0.6) is 0 Å². The van der Waals surface area contributed by atoms with Gasteiger partial charge in [0.05, 0.1) is 5.69 Å². The Morgan fingerprint density at radius 2 is 2.04 bits per heavy atom. The number of likely N-dealkylation sites (tertiary alicyclic amines) is 1. The smallest absolute Gasteiger partial charge is 0.254 e. The lowest BCUT2D eigenvalue weighted by Gasteiger charge is -2.20. The van der Waals surface area contributed by atoms with E-state index < -0.39 is 0 Å². The van der Waals surface area contributed by atoms with E-state index in [0.29, 0.717) is 11.8 Å². The fourth-order valence-electron chi connectivity index (χ4n) is 4.31. The molecule has 4 heteroatoms. The van der Waals surface area contributed by atoms with Crippen LogP contribution < -0.4 is 5.73 Å². The van der Waals surface area contributed by atoms with Crippen LogP contribution >= 0.6 is 0 Å². The summed E-state index contributed by atoms with van der Waals surface area (Å²) in [5, 5.41) is 0. The molecule has 2 heterocycles. The molecule has 1 aliphatic heterocycles. The normalized spacial score (nSPS) is 25.8. The second kappa shape index (κ2) is 6.02. The molecule has 4 rings (SSSR count). The molecule has 24 heavy (non-hydrogen) atoms. The molecule has 3 unspecified atom stereocenters.